The Balaban J connectivity index is 2.82. The number of ether oxygens (including phenoxy) is 1. The lowest BCUT2D eigenvalue weighted by Gasteiger charge is -2.25. The molecule has 0 bridgehead atoms. The van der Waals surface area contributed by atoms with Gasteiger partial charge in [-0.25, -0.2) is 0 Å². The Kier molecular flexibility index (Phi) is 6.34. The average Bonchev–Trinajstić information content (AvgIpc) is 2.35. The second-order valence-electron chi connectivity index (χ2n) is 3.71. The Morgan fingerprint density at radius 3 is 2.71 bits per heavy atom. The van der Waals surface area contributed by atoms with Gasteiger partial charge in [0, 0.05) is 36.0 Å². The van der Waals surface area contributed by atoms with E-state index in [1.807, 2.05) is 19.1 Å². The molecule has 0 radical (unpaired) electrons. The first kappa shape index (κ1) is 14.3. The largest absolute Gasteiger partial charge is 0.392 e. The van der Waals surface area contributed by atoms with Crippen LogP contribution in [0.3, 0.4) is 0 Å². The van der Waals surface area contributed by atoms with E-state index in [4.69, 9.17) is 16.3 Å². The molecule has 1 rings (SSSR count). The summed E-state index contributed by atoms with van der Waals surface area (Å²) in [6.07, 6.45) is 0. The van der Waals surface area contributed by atoms with Crippen LogP contribution in [0.15, 0.2) is 18.2 Å². The minimum atomic E-state index is 0.0254. The van der Waals surface area contributed by atoms with Gasteiger partial charge in [-0.1, -0.05) is 17.7 Å². The van der Waals surface area contributed by atoms with Crippen LogP contribution in [0.1, 0.15) is 19.4 Å². The van der Waals surface area contributed by atoms with Gasteiger partial charge in [0.1, 0.15) is 0 Å². The van der Waals surface area contributed by atoms with Crippen molar-refractivity contribution in [3.8, 4) is 0 Å². The smallest absolute Gasteiger partial charge is 0.0702 e. The number of hydrogen-bond donors (Lipinski definition) is 1. The molecule has 0 aliphatic carbocycles. The van der Waals surface area contributed by atoms with Crippen LogP contribution in [-0.4, -0.2) is 31.4 Å². The highest BCUT2D eigenvalue weighted by Gasteiger charge is 2.09. The maximum absolute atomic E-state index is 9.32. The molecule has 1 aromatic rings. The molecule has 0 atom stereocenters. The molecular formula is C13H20ClNO2. The number of nitrogens with zero attached hydrogens (tertiary/aromatic N) is 1. The number of hydrogen-bond acceptors (Lipinski definition) is 3. The molecular weight excluding hydrogens is 238 g/mol. The highest BCUT2D eigenvalue weighted by atomic mass is 35.5. The van der Waals surface area contributed by atoms with Crippen LogP contribution in [-0.2, 0) is 11.3 Å². The lowest BCUT2D eigenvalue weighted by Crippen LogP contribution is -2.28. The van der Waals surface area contributed by atoms with Gasteiger partial charge in [-0.05, 0) is 26.0 Å². The highest BCUT2D eigenvalue weighted by molar-refractivity contribution is 6.30. The van der Waals surface area contributed by atoms with Crippen LogP contribution in [0.2, 0.25) is 5.02 Å². The van der Waals surface area contributed by atoms with Crippen molar-refractivity contribution in [3.05, 3.63) is 28.8 Å². The Labute approximate surface area is 108 Å². The van der Waals surface area contributed by atoms with E-state index in [1.54, 1.807) is 6.07 Å². The van der Waals surface area contributed by atoms with Gasteiger partial charge >= 0.3 is 0 Å². The number of aliphatic hydroxyl groups excluding tert-OH is 1. The molecule has 17 heavy (non-hydrogen) atoms. The molecule has 0 saturated carbocycles. The molecule has 0 spiro atoms. The number of aliphatic hydroxyl groups is 1. The third kappa shape index (κ3) is 4.19. The Hall–Kier alpha value is -0.770. The van der Waals surface area contributed by atoms with E-state index in [1.165, 1.54) is 0 Å². The fraction of sp³-hybridized carbons (Fsp3) is 0.538. The van der Waals surface area contributed by atoms with Crippen molar-refractivity contribution >= 4 is 17.3 Å². The molecule has 0 unspecified atom stereocenters. The third-order valence-corrected chi connectivity index (χ3v) is 2.88. The lowest BCUT2D eigenvalue weighted by molar-refractivity contribution is 0.154. The summed E-state index contributed by atoms with van der Waals surface area (Å²) >= 11 is 6.00. The van der Waals surface area contributed by atoms with Crippen LogP contribution < -0.4 is 4.90 Å². The van der Waals surface area contributed by atoms with E-state index >= 15 is 0 Å². The summed E-state index contributed by atoms with van der Waals surface area (Å²) in [5.74, 6) is 0. The van der Waals surface area contributed by atoms with Gasteiger partial charge in [0.05, 0.1) is 13.2 Å². The molecule has 0 amide bonds. The van der Waals surface area contributed by atoms with Gasteiger partial charge in [0.25, 0.3) is 0 Å². The first-order valence-corrected chi connectivity index (χ1v) is 6.32. The number of rotatable bonds is 7. The normalized spacial score (nSPS) is 10.6. The number of benzene rings is 1. The monoisotopic (exact) mass is 257 g/mol. The van der Waals surface area contributed by atoms with Crippen molar-refractivity contribution in [2.75, 3.05) is 31.2 Å². The number of anilines is 1. The summed E-state index contributed by atoms with van der Waals surface area (Å²) in [7, 11) is 0. The van der Waals surface area contributed by atoms with Gasteiger partial charge in [0.15, 0.2) is 0 Å². The van der Waals surface area contributed by atoms with Crippen LogP contribution in [0.4, 0.5) is 5.69 Å². The third-order valence-electron chi connectivity index (χ3n) is 2.65. The molecule has 0 saturated heterocycles. The summed E-state index contributed by atoms with van der Waals surface area (Å²) in [5.41, 5.74) is 1.88. The van der Waals surface area contributed by atoms with E-state index in [2.05, 4.69) is 11.8 Å². The van der Waals surface area contributed by atoms with Gasteiger partial charge in [0.2, 0.25) is 0 Å². The molecule has 1 aromatic carbocycles. The van der Waals surface area contributed by atoms with Crippen molar-refractivity contribution in [3.63, 3.8) is 0 Å². The summed E-state index contributed by atoms with van der Waals surface area (Å²) in [6, 6.07) is 5.55. The average molecular weight is 258 g/mol. The first-order valence-electron chi connectivity index (χ1n) is 5.94. The second-order valence-corrected chi connectivity index (χ2v) is 4.14. The molecule has 1 N–H and O–H groups in total. The topological polar surface area (TPSA) is 32.7 Å². The molecule has 0 aliphatic rings. The first-order chi connectivity index (χ1) is 8.22. The van der Waals surface area contributed by atoms with E-state index in [-0.39, 0.29) is 6.61 Å². The van der Waals surface area contributed by atoms with E-state index < -0.39 is 0 Å². The molecule has 0 fully saturated rings. The zero-order chi connectivity index (χ0) is 12.7. The van der Waals surface area contributed by atoms with Gasteiger partial charge < -0.3 is 14.7 Å². The zero-order valence-corrected chi connectivity index (χ0v) is 11.2. The standard InChI is InChI=1S/C13H20ClNO2/c1-3-15(7-8-17-4-2)13-9-12(14)6-5-11(13)10-16/h5-6,9,16H,3-4,7-8,10H2,1-2H3. The highest BCUT2D eigenvalue weighted by Crippen LogP contribution is 2.24. The predicted molar refractivity (Wildman–Crippen MR) is 71.8 cm³/mol. The van der Waals surface area contributed by atoms with Gasteiger partial charge in [-0.3, -0.25) is 0 Å². The van der Waals surface area contributed by atoms with E-state index in [0.29, 0.717) is 11.6 Å². The molecule has 0 aliphatic heterocycles. The SMILES string of the molecule is CCOCCN(CC)c1cc(Cl)ccc1CO. The van der Waals surface area contributed by atoms with Crippen LogP contribution in [0.5, 0.6) is 0 Å². The minimum Gasteiger partial charge on any atom is -0.392 e. The maximum atomic E-state index is 9.32. The van der Waals surface area contributed by atoms with Crippen molar-refractivity contribution in [2.45, 2.75) is 20.5 Å². The molecule has 4 heteroatoms. The van der Waals surface area contributed by atoms with E-state index in [0.717, 1.165) is 30.9 Å². The fourth-order valence-corrected chi connectivity index (χ4v) is 1.90. The minimum absolute atomic E-state index is 0.0254. The summed E-state index contributed by atoms with van der Waals surface area (Å²) in [5, 5.41) is 10.0. The van der Waals surface area contributed by atoms with Crippen LogP contribution in [0.25, 0.3) is 0 Å². The summed E-state index contributed by atoms with van der Waals surface area (Å²) in [6.45, 7) is 7.15. The van der Waals surface area contributed by atoms with E-state index in [9.17, 15) is 5.11 Å². The van der Waals surface area contributed by atoms with Crippen molar-refractivity contribution < 1.29 is 9.84 Å². The summed E-state index contributed by atoms with van der Waals surface area (Å²) < 4.78 is 5.35. The Bertz CT molecular complexity index is 344. The van der Waals surface area contributed by atoms with Crippen molar-refractivity contribution in [1.82, 2.24) is 0 Å². The van der Waals surface area contributed by atoms with Crippen LogP contribution >= 0.6 is 11.6 Å². The van der Waals surface area contributed by atoms with Crippen molar-refractivity contribution in [1.29, 1.82) is 0 Å². The molecule has 0 aromatic heterocycles. The lowest BCUT2D eigenvalue weighted by atomic mass is 10.1. The van der Waals surface area contributed by atoms with Crippen molar-refractivity contribution in [2.24, 2.45) is 0 Å². The van der Waals surface area contributed by atoms with Crippen LogP contribution in [0, 0.1) is 0 Å². The molecule has 0 heterocycles. The maximum Gasteiger partial charge on any atom is 0.0702 e. The number of likely N-dealkylation sites (N-methyl/N-ethyl adjacent to an activating group) is 1. The second kappa shape index (κ2) is 7.54. The molecule has 96 valence electrons. The summed E-state index contributed by atoms with van der Waals surface area (Å²) in [4.78, 5) is 2.16. The fourth-order valence-electron chi connectivity index (χ4n) is 1.73. The zero-order valence-electron chi connectivity index (χ0n) is 10.4. The quantitative estimate of drug-likeness (QED) is 0.763. The predicted octanol–water partition coefficient (Wildman–Crippen LogP) is 2.70. The molecule has 3 nitrogen and oxygen atoms in total. The number of halogens is 1. The van der Waals surface area contributed by atoms with Gasteiger partial charge in [-0.2, -0.15) is 0 Å². The Morgan fingerprint density at radius 1 is 1.35 bits per heavy atom. The van der Waals surface area contributed by atoms with Gasteiger partial charge in [-0.15, -0.1) is 0 Å². The Morgan fingerprint density at radius 2 is 2.12 bits per heavy atom.